The van der Waals surface area contributed by atoms with Crippen LogP contribution in [0.5, 0.6) is 5.75 Å². The topological polar surface area (TPSA) is 46.5 Å². The van der Waals surface area contributed by atoms with Crippen molar-refractivity contribution in [2.45, 2.75) is 6.61 Å². The molecular weight excluding hydrogens is 239 g/mol. The van der Waals surface area contributed by atoms with Gasteiger partial charge >= 0.3 is 35.5 Å². The molecule has 88 valence electrons. The van der Waals surface area contributed by atoms with E-state index in [1.54, 1.807) is 48.5 Å². The molecule has 0 saturated carbocycles. The second kappa shape index (κ2) is 7.21. The second-order valence-electron chi connectivity index (χ2n) is 3.61. The summed E-state index contributed by atoms with van der Waals surface area (Å²) in [5.41, 5.74) is 1.37. The molecule has 0 atom stereocenters. The van der Waals surface area contributed by atoms with Gasteiger partial charge in [0.2, 0.25) is 0 Å². The van der Waals surface area contributed by atoms with Gasteiger partial charge in [0.15, 0.2) is 0 Å². The summed E-state index contributed by atoms with van der Waals surface area (Å²) >= 11 is 0. The van der Waals surface area contributed by atoms with Crippen molar-refractivity contribution < 1.29 is 14.6 Å². The van der Waals surface area contributed by atoms with Crippen LogP contribution in [0.3, 0.4) is 0 Å². The monoisotopic (exact) mass is 252 g/mol. The average Bonchev–Trinajstić information content (AvgIpc) is 2.39. The molecule has 0 spiro atoms. The molecule has 0 aromatic heterocycles. The molecule has 0 bridgehead atoms. The van der Waals surface area contributed by atoms with E-state index in [0.29, 0.717) is 5.56 Å². The van der Waals surface area contributed by atoms with Crippen LogP contribution in [0.1, 0.15) is 15.9 Å². The third kappa shape index (κ3) is 4.18. The second-order valence-corrected chi connectivity index (χ2v) is 3.61. The zero-order valence-corrected chi connectivity index (χ0v) is 9.17. The number of aromatic hydroxyl groups is 1. The number of carbonyl (C=O) groups excluding carboxylic acids is 1. The van der Waals surface area contributed by atoms with E-state index in [1.807, 2.05) is 6.07 Å². The van der Waals surface area contributed by atoms with Crippen LogP contribution in [0, 0.1) is 0 Å². The SMILES string of the molecule is O=C(OCc1ccc(O)cc1)c1ccccc1.[NaH]. The molecule has 4 heteroatoms. The van der Waals surface area contributed by atoms with Gasteiger partial charge in [-0.25, -0.2) is 4.79 Å². The fourth-order valence-electron chi connectivity index (χ4n) is 1.40. The van der Waals surface area contributed by atoms with E-state index in [2.05, 4.69) is 0 Å². The van der Waals surface area contributed by atoms with Gasteiger partial charge in [-0.05, 0) is 29.8 Å². The van der Waals surface area contributed by atoms with E-state index in [1.165, 1.54) is 0 Å². The quantitative estimate of drug-likeness (QED) is 0.672. The molecule has 18 heavy (non-hydrogen) atoms. The molecule has 0 aliphatic rings. The molecule has 0 aliphatic heterocycles. The van der Waals surface area contributed by atoms with Gasteiger partial charge < -0.3 is 9.84 Å². The molecule has 0 radical (unpaired) electrons. The summed E-state index contributed by atoms with van der Waals surface area (Å²) in [6.07, 6.45) is 0. The molecule has 0 unspecified atom stereocenters. The Hall–Kier alpha value is -1.29. The standard InChI is InChI=1S/C14H12O3.Na.H/c15-13-8-6-11(7-9-13)10-17-14(16)12-4-2-1-3-5-12;;/h1-9,15H,10H2;;. The van der Waals surface area contributed by atoms with Crippen molar-refractivity contribution in [3.63, 3.8) is 0 Å². The van der Waals surface area contributed by atoms with E-state index in [-0.39, 0.29) is 47.9 Å². The average molecular weight is 252 g/mol. The van der Waals surface area contributed by atoms with Crippen molar-refractivity contribution in [1.82, 2.24) is 0 Å². The van der Waals surface area contributed by atoms with E-state index in [4.69, 9.17) is 9.84 Å². The maximum absolute atomic E-state index is 11.6. The van der Waals surface area contributed by atoms with Gasteiger partial charge in [0.25, 0.3) is 0 Å². The van der Waals surface area contributed by atoms with E-state index < -0.39 is 0 Å². The van der Waals surface area contributed by atoms with E-state index >= 15 is 0 Å². The van der Waals surface area contributed by atoms with Crippen LogP contribution in [0.25, 0.3) is 0 Å². The third-order valence-corrected chi connectivity index (χ3v) is 2.32. The van der Waals surface area contributed by atoms with Crippen LogP contribution >= 0.6 is 0 Å². The van der Waals surface area contributed by atoms with E-state index in [9.17, 15) is 4.79 Å². The molecule has 0 aliphatic carbocycles. The molecule has 1 N–H and O–H groups in total. The van der Waals surface area contributed by atoms with Crippen molar-refractivity contribution in [3.05, 3.63) is 65.7 Å². The summed E-state index contributed by atoms with van der Waals surface area (Å²) in [6.45, 7) is 0.202. The zero-order chi connectivity index (χ0) is 12.1. The molecule has 0 fully saturated rings. The van der Waals surface area contributed by atoms with Crippen molar-refractivity contribution in [2.75, 3.05) is 0 Å². The number of hydrogen-bond acceptors (Lipinski definition) is 3. The fourth-order valence-corrected chi connectivity index (χ4v) is 1.40. The summed E-state index contributed by atoms with van der Waals surface area (Å²) in [4.78, 5) is 11.6. The first-order valence-corrected chi connectivity index (χ1v) is 5.26. The number of esters is 1. The first-order valence-electron chi connectivity index (χ1n) is 5.26. The van der Waals surface area contributed by atoms with Gasteiger partial charge in [-0.2, -0.15) is 0 Å². The molecule has 0 amide bonds. The Morgan fingerprint density at radius 3 is 2.22 bits per heavy atom. The summed E-state index contributed by atoms with van der Waals surface area (Å²) in [5, 5.41) is 9.10. The normalized spacial score (nSPS) is 9.33. The van der Waals surface area contributed by atoms with Crippen molar-refractivity contribution in [2.24, 2.45) is 0 Å². The Morgan fingerprint density at radius 2 is 1.61 bits per heavy atom. The van der Waals surface area contributed by atoms with Crippen LogP contribution in [0.15, 0.2) is 54.6 Å². The number of phenols is 1. The van der Waals surface area contributed by atoms with Gasteiger partial charge in [0.1, 0.15) is 12.4 Å². The Kier molecular flexibility index (Phi) is 5.92. The van der Waals surface area contributed by atoms with E-state index in [0.717, 1.165) is 5.56 Å². The summed E-state index contributed by atoms with van der Waals surface area (Å²) < 4.78 is 5.13. The maximum atomic E-state index is 11.6. The molecular formula is C14H13NaO3. The Bertz CT molecular complexity index is 494. The Balaban J connectivity index is 0.00000162. The first-order chi connectivity index (χ1) is 8.25. The fraction of sp³-hybridized carbons (Fsp3) is 0.0714. The molecule has 2 rings (SSSR count). The van der Waals surface area contributed by atoms with Crippen LogP contribution in [0.2, 0.25) is 0 Å². The molecule has 2 aromatic carbocycles. The Morgan fingerprint density at radius 1 is 1.00 bits per heavy atom. The number of hydrogen-bond donors (Lipinski definition) is 1. The van der Waals surface area contributed by atoms with Crippen molar-refractivity contribution in [3.8, 4) is 5.75 Å². The molecule has 0 heterocycles. The summed E-state index contributed by atoms with van der Waals surface area (Å²) in [5.74, 6) is -0.151. The van der Waals surface area contributed by atoms with Crippen LogP contribution < -0.4 is 0 Å². The molecule has 2 aromatic rings. The van der Waals surface area contributed by atoms with Crippen LogP contribution in [-0.4, -0.2) is 40.6 Å². The number of benzene rings is 2. The van der Waals surface area contributed by atoms with Gasteiger partial charge in [-0.3, -0.25) is 0 Å². The van der Waals surface area contributed by atoms with Gasteiger partial charge in [0.05, 0.1) is 5.56 Å². The minimum atomic E-state index is -0.348. The third-order valence-electron chi connectivity index (χ3n) is 2.32. The van der Waals surface area contributed by atoms with Crippen molar-refractivity contribution in [1.29, 1.82) is 0 Å². The predicted molar refractivity (Wildman–Crippen MR) is 70.8 cm³/mol. The number of phenolic OH excluding ortho intramolecular Hbond substituents is 1. The summed E-state index contributed by atoms with van der Waals surface area (Å²) in [7, 11) is 0. The number of rotatable bonds is 3. The van der Waals surface area contributed by atoms with Gasteiger partial charge in [-0.15, -0.1) is 0 Å². The Labute approximate surface area is 128 Å². The minimum absolute atomic E-state index is 0. The molecule has 3 nitrogen and oxygen atoms in total. The summed E-state index contributed by atoms with van der Waals surface area (Å²) in [6, 6.07) is 15.4. The predicted octanol–water partition coefficient (Wildman–Crippen LogP) is 2.10. The molecule has 0 saturated heterocycles. The van der Waals surface area contributed by atoms with Crippen LogP contribution in [-0.2, 0) is 11.3 Å². The van der Waals surface area contributed by atoms with Crippen molar-refractivity contribution >= 4 is 35.5 Å². The first kappa shape index (κ1) is 14.8. The number of ether oxygens (including phenoxy) is 1. The van der Waals surface area contributed by atoms with Gasteiger partial charge in [0, 0.05) is 0 Å². The number of carbonyl (C=O) groups is 1. The van der Waals surface area contributed by atoms with Crippen LogP contribution in [0.4, 0.5) is 0 Å². The zero-order valence-electron chi connectivity index (χ0n) is 9.17. The van der Waals surface area contributed by atoms with Gasteiger partial charge in [-0.1, -0.05) is 30.3 Å².